The summed E-state index contributed by atoms with van der Waals surface area (Å²) in [4.78, 5) is 27.9. The molecule has 0 aliphatic heterocycles. The summed E-state index contributed by atoms with van der Waals surface area (Å²) in [5.74, 6) is -0.311. The number of ether oxygens (including phenoxy) is 1. The van der Waals surface area contributed by atoms with Crippen LogP contribution in [0.25, 0.3) is 0 Å². The van der Waals surface area contributed by atoms with Crippen LogP contribution in [0, 0.1) is 24.0 Å². The Kier molecular flexibility index (Phi) is 9.04. The zero-order chi connectivity index (χ0) is 26.9. The molecule has 0 saturated heterocycles. The number of rotatable bonds is 11. The van der Waals surface area contributed by atoms with Gasteiger partial charge in [0.05, 0.1) is 17.7 Å². The molecule has 0 heterocycles. The summed E-state index contributed by atoms with van der Waals surface area (Å²) in [7, 11) is 3.44. The first-order valence-corrected chi connectivity index (χ1v) is 11.6. The largest absolute Gasteiger partial charge is 0.494 e. The van der Waals surface area contributed by atoms with Crippen LogP contribution in [0.1, 0.15) is 29.5 Å². The Morgan fingerprint density at radius 3 is 2.46 bits per heavy atom. The number of anilines is 1. The number of hydrogen-bond donors (Lipinski definition) is 1. The maximum absolute atomic E-state index is 11.4. The van der Waals surface area contributed by atoms with E-state index in [0.29, 0.717) is 30.1 Å². The van der Waals surface area contributed by atoms with Crippen LogP contribution in [0.2, 0.25) is 0 Å². The van der Waals surface area contributed by atoms with E-state index in [-0.39, 0.29) is 17.8 Å². The van der Waals surface area contributed by atoms with Crippen LogP contribution in [0.15, 0.2) is 69.8 Å². The van der Waals surface area contributed by atoms with Gasteiger partial charge in [-0.15, -0.1) is 5.11 Å². The minimum atomic E-state index is -0.801. The number of aryl methyl sites for hydroxylation is 2. The highest BCUT2D eigenvalue weighted by Gasteiger charge is 2.13. The number of carbonyl (C=O) groups is 1. The smallest absolute Gasteiger partial charge is 0.303 e. The van der Waals surface area contributed by atoms with Gasteiger partial charge in [-0.2, -0.15) is 5.11 Å². The molecule has 3 aromatic rings. The fourth-order valence-electron chi connectivity index (χ4n) is 3.58. The lowest BCUT2D eigenvalue weighted by molar-refractivity contribution is -0.384. The van der Waals surface area contributed by atoms with E-state index in [2.05, 4.69) is 15.2 Å². The number of carboxylic acid groups (broad SMARTS) is 1. The van der Waals surface area contributed by atoms with Crippen LogP contribution in [-0.2, 0) is 4.79 Å². The number of methoxy groups -OCH3 is 1. The number of benzene rings is 3. The molecule has 3 aromatic carbocycles. The molecule has 0 unspecified atom stereocenters. The minimum Gasteiger partial charge on any atom is -0.494 e. The predicted octanol–water partition coefficient (Wildman–Crippen LogP) is 6.69. The van der Waals surface area contributed by atoms with E-state index in [0.717, 1.165) is 22.4 Å². The molecule has 192 valence electrons. The molecule has 0 atom stereocenters. The van der Waals surface area contributed by atoms with Gasteiger partial charge in [-0.05, 0) is 79.4 Å². The maximum atomic E-state index is 11.4. The third kappa shape index (κ3) is 7.44. The normalized spacial score (nSPS) is 11.2. The van der Waals surface area contributed by atoms with Gasteiger partial charge in [0.25, 0.3) is 5.69 Å². The summed E-state index contributed by atoms with van der Waals surface area (Å²) in [6.07, 6.45) is 2.27. The standard InChI is InChI=1S/C27H29N5O5/c1-18-7-12-23(25(14-18)32(35)36)28-17-20-16-26(37-4)24(15-19(20)2)30-29-21-8-10-22(11-9-21)31(3)13-5-6-27(33)34/h7-12,14-17H,5-6,13H2,1-4H3,(H,33,34). The van der Waals surface area contributed by atoms with Crippen molar-refractivity contribution in [3.8, 4) is 5.75 Å². The van der Waals surface area contributed by atoms with Crippen molar-refractivity contribution >= 4 is 40.6 Å². The second-order valence-electron chi connectivity index (χ2n) is 8.52. The fraction of sp³-hybridized carbons (Fsp3) is 0.259. The van der Waals surface area contributed by atoms with Gasteiger partial charge in [0, 0.05) is 38.0 Å². The Hall–Kier alpha value is -4.60. The Balaban J connectivity index is 1.76. The lowest BCUT2D eigenvalue weighted by Crippen LogP contribution is -2.19. The first-order valence-electron chi connectivity index (χ1n) is 11.6. The van der Waals surface area contributed by atoms with Crippen molar-refractivity contribution in [1.29, 1.82) is 0 Å². The van der Waals surface area contributed by atoms with Crippen molar-refractivity contribution in [3.63, 3.8) is 0 Å². The van der Waals surface area contributed by atoms with Crippen LogP contribution in [0.3, 0.4) is 0 Å². The van der Waals surface area contributed by atoms with Gasteiger partial charge in [-0.1, -0.05) is 6.07 Å². The third-order valence-corrected chi connectivity index (χ3v) is 5.69. The number of nitrogens with zero attached hydrogens (tertiary/aromatic N) is 5. The molecule has 0 bridgehead atoms. The quantitative estimate of drug-likeness (QED) is 0.134. The first kappa shape index (κ1) is 27.0. The number of nitro benzene ring substituents is 1. The van der Waals surface area contributed by atoms with Crippen LogP contribution in [-0.4, -0.2) is 42.9 Å². The molecule has 3 rings (SSSR count). The zero-order valence-corrected chi connectivity index (χ0v) is 21.2. The van der Waals surface area contributed by atoms with E-state index in [9.17, 15) is 14.9 Å². The zero-order valence-electron chi connectivity index (χ0n) is 21.2. The van der Waals surface area contributed by atoms with E-state index in [4.69, 9.17) is 9.84 Å². The monoisotopic (exact) mass is 503 g/mol. The molecule has 10 heteroatoms. The molecule has 0 aliphatic carbocycles. The number of hydrogen-bond acceptors (Lipinski definition) is 8. The summed E-state index contributed by atoms with van der Waals surface area (Å²) in [6, 6.07) is 16.0. The fourth-order valence-corrected chi connectivity index (χ4v) is 3.58. The van der Waals surface area contributed by atoms with Gasteiger partial charge in [-0.25, -0.2) is 4.99 Å². The highest BCUT2D eigenvalue weighted by atomic mass is 16.6. The molecule has 0 fully saturated rings. The SMILES string of the molecule is COc1cc(C=Nc2ccc(C)cc2[N+](=O)[O-])c(C)cc1N=Nc1ccc(N(C)CCCC(=O)O)cc1. The third-order valence-electron chi connectivity index (χ3n) is 5.69. The van der Waals surface area contributed by atoms with Crippen LogP contribution < -0.4 is 9.64 Å². The Morgan fingerprint density at radius 1 is 1.08 bits per heavy atom. The van der Waals surface area contributed by atoms with Gasteiger partial charge in [-0.3, -0.25) is 14.9 Å². The summed E-state index contributed by atoms with van der Waals surface area (Å²) in [5, 5.41) is 28.8. The molecule has 0 saturated carbocycles. The van der Waals surface area contributed by atoms with Crippen molar-refractivity contribution in [2.24, 2.45) is 15.2 Å². The van der Waals surface area contributed by atoms with Crippen LogP contribution in [0.4, 0.5) is 28.4 Å². The molecule has 1 N–H and O–H groups in total. The van der Waals surface area contributed by atoms with Crippen molar-refractivity contribution in [2.75, 3.05) is 25.6 Å². The molecular weight excluding hydrogens is 474 g/mol. The van der Waals surface area contributed by atoms with Crippen molar-refractivity contribution in [3.05, 3.63) is 81.4 Å². The summed E-state index contributed by atoms with van der Waals surface area (Å²) < 4.78 is 5.49. The lowest BCUT2D eigenvalue weighted by atomic mass is 10.1. The molecular formula is C27H29N5O5. The second kappa shape index (κ2) is 12.4. The number of azo groups is 1. The summed E-state index contributed by atoms with van der Waals surface area (Å²) in [6.45, 7) is 4.32. The van der Waals surface area contributed by atoms with Gasteiger partial charge in [0.15, 0.2) is 0 Å². The maximum Gasteiger partial charge on any atom is 0.303 e. The van der Waals surface area contributed by atoms with Gasteiger partial charge in [0.2, 0.25) is 0 Å². The molecule has 0 radical (unpaired) electrons. The van der Waals surface area contributed by atoms with Gasteiger partial charge in [0.1, 0.15) is 17.1 Å². The van der Waals surface area contributed by atoms with E-state index >= 15 is 0 Å². The van der Waals surface area contributed by atoms with Crippen molar-refractivity contribution in [2.45, 2.75) is 26.7 Å². The highest BCUT2D eigenvalue weighted by molar-refractivity contribution is 5.86. The van der Waals surface area contributed by atoms with E-state index < -0.39 is 10.9 Å². The summed E-state index contributed by atoms with van der Waals surface area (Å²) >= 11 is 0. The summed E-state index contributed by atoms with van der Waals surface area (Å²) in [5.41, 5.74) is 4.74. The molecule has 10 nitrogen and oxygen atoms in total. The van der Waals surface area contributed by atoms with Gasteiger partial charge < -0.3 is 14.7 Å². The number of nitro groups is 1. The second-order valence-corrected chi connectivity index (χ2v) is 8.52. The van der Waals surface area contributed by atoms with E-state index in [1.54, 1.807) is 31.3 Å². The Morgan fingerprint density at radius 2 is 1.81 bits per heavy atom. The molecule has 37 heavy (non-hydrogen) atoms. The molecule has 0 aromatic heterocycles. The average molecular weight is 504 g/mol. The van der Waals surface area contributed by atoms with Crippen LogP contribution in [0.5, 0.6) is 5.75 Å². The predicted molar refractivity (Wildman–Crippen MR) is 144 cm³/mol. The number of aliphatic carboxylic acids is 1. The first-order chi connectivity index (χ1) is 17.7. The molecule has 0 amide bonds. The highest BCUT2D eigenvalue weighted by Crippen LogP contribution is 2.33. The average Bonchev–Trinajstić information content (AvgIpc) is 2.87. The Labute approximate surface area is 215 Å². The van der Waals surface area contributed by atoms with Gasteiger partial charge >= 0.3 is 5.97 Å². The molecule has 0 spiro atoms. The minimum absolute atomic E-state index is 0.0521. The number of carboxylic acids is 1. The van der Waals surface area contributed by atoms with Crippen LogP contribution >= 0.6 is 0 Å². The van der Waals surface area contributed by atoms with E-state index in [1.165, 1.54) is 13.2 Å². The topological polar surface area (TPSA) is 130 Å². The Bertz CT molecular complexity index is 1340. The van der Waals surface area contributed by atoms with Crippen molar-refractivity contribution in [1.82, 2.24) is 0 Å². The van der Waals surface area contributed by atoms with E-state index in [1.807, 2.05) is 49.2 Å². The lowest BCUT2D eigenvalue weighted by Gasteiger charge is -2.18. The number of aliphatic imine (C=N–C) groups is 1. The molecule has 0 aliphatic rings. The van der Waals surface area contributed by atoms with Crippen molar-refractivity contribution < 1.29 is 19.6 Å².